The van der Waals surface area contributed by atoms with Gasteiger partial charge in [0.25, 0.3) is 22.0 Å². The second-order valence-corrected chi connectivity index (χ2v) is 8.24. The Morgan fingerprint density at radius 1 is 1.03 bits per heavy atom. The largest absolute Gasteiger partial charge is 0.424 e. The molecule has 0 unspecified atom stereocenters. The molecule has 0 atom stereocenters. The van der Waals surface area contributed by atoms with Gasteiger partial charge in [0.15, 0.2) is 5.82 Å². The minimum absolute atomic E-state index is 0.0371. The number of hydrogen-bond acceptors (Lipinski definition) is 7. The Bertz CT molecular complexity index is 1320. The van der Waals surface area contributed by atoms with Crippen LogP contribution in [-0.4, -0.2) is 42.1 Å². The van der Waals surface area contributed by atoms with Crippen molar-refractivity contribution >= 4 is 27.7 Å². The number of rotatable bonds is 7. The lowest BCUT2D eigenvalue weighted by Crippen LogP contribution is -2.30. The molecule has 0 saturated carbocycles. The summed E-state index contributed by atoms with van der Waals surface area (Å²) in [5, 5.41) is 0. The highest BCUT2D eigenvalue weighted by atomic mass is 32.2. The molecule has 1 aromatic heterocycles. The lowest BCUT2D eigenvalue weighted by molar-refractivity contribution is 0.0641. The number of anilines is 1. The molecule has 4 rings (SSSR count). The smallest absolute Gasteiger partial charge is 0.321 e. The zero-order chi connectivity index (χ0) is 22.9. The summed E-state index contributed by atoms with van der Waals surface area (Å²) in [6, 6.07) is 10.0. The van der Waals surface area contributed by atoms with Crippen molar-refractivity contribution < 1.29 is 27.1 Å². The summed E-state index contributed by atoms with van der Waals surface area (Å²) < 4.78 is 47.7. The van der Waals surface area contributed by atoms with E-state index in [1.165, 1.54) is 55.8 Å². The van der Waals surface area contributed by atoms with Crippen LogP contribution in [0.1, 0.15) is 26.3 Å². The molecule has 1 aliphatic rings. The molecule has 1 aliphatic heterocycles. The highest BCUT2D eigenvalue weighted by Crippen LogP contribution is 2.30. The van der Waals surface area contributed by atoms with E-state index in [0.717, 1.165) is 4.90 Å². The van der Waals surface area contributed by atoms with Gasteiger partial charge in [-0.25, -0.2) is 19.1 Å². The highest BCUT2D eigenvalue weighted by molar-refractivity contribution is 7.90. The van der Waals surface area contributed by atoms with Gasteiger partial charge >= 0.3 is 6.01 Å². The van der Waals surface area contributed by atoms with Crippen molar-refractivity contribution in [1.82, 2.24) is 19.6 Å². The second-order valence-electron chi connectivity index (χ2n) is 6.63. The van der Waals surface area contributed by atoms with Crippen LogP contribution in [0.4, 0.5) is 10.1 Å². The number of nitrogens with zero attached hydrogens (tertiary/aromatic N) is 3. The number of benzene rings is 2. The van der Waals surface area contributed by atoms with Crippen molar-refractivity contribution in [2.45, 2.75) is 6.54 Å². The van der Waals surface area contributed by atoms with Crippen molar-refractivity contribution in [3.8, 4) is 11.8 Å². The van der Waals surface area contributed by atoms with E-state index >= 15 is 0 Å². The fourth-order valence-electron chi connectivity index (χ4n) is 3.07. The summed E-state index contributed by atoms with van der Waals surface area (Å²) in [5.74, 6) is -1.88. The third-order valence-electron chi connectivity index (χ3n) is 4.61. The first-order valence-corrected chi connectivity index (χ1v) is 10.7. The molecule has 32 heavy (non-hydrogen) atoms. The third kappa shape index (κ3) is 4.13. The maximum atomic E-state index is 14.8. The zero-order valence-corrected chi connectivity index (χ0v) is 17.4. The maximum absolute atomic E-state index is 14.8. The summed E-state index contributed by atoms with van der Waals surface area (Å²) in [6.07, 6.45) is 2.98. The van der Waals surface area contributed by atoms with Crippen LogP contribution in [0.5, 0.6) is 11.8 Å². The number of carbonyl (C=O) groups is 2. The van der Waals surface area contributed by atoms with Gasteiger partial charge in [-0.15, -0.1) is 0 Å². The van der Waals surface area contributed by atoms with Crippen LogP contribution in [0.3, 0.4) is 0 Å². The molecule has 2 amide bonds. The molecule has 0 fully saturated rings. The molecule has 10 nitrogen and oxygen atoms in total. The number of amides is 2. The van der Waals surface area contributed by atoms with E-state index < -0.39 is 27.8 Å². The summed E-state index contributed by atoms with van der Waals surface area (Å²) >= 11 is 0. The van der Waals surface area contributed by atoms with Gasteiger partial charge in [-0.2, -0.15) is 8.42 Å². The first-order valence-electron chi connectivity index (χ1n) is 9.23. The van der Waals surface area contributed by atoms with E-state index in [-0.39, 0.29) is 40.7 Å². The molecule has 0 spiro atoms. The van der Waals surface area contributed by atoms with Gasteiger partial charge in [-0.1, -0.05) is 12.1 Å². The van der Waals surface area contributed by atoms with Crippen LogP contribution < -0.4 is 14.2 Å². The minimum Gasteiger partial charge on any atom is -0.424 e. The monoisotopic (exact) mass is 457 g/mol. The van der Waals surface area contributed by atoms with Crippen LogP contribution >= 0.6 is 0 Å². The number of fused-ring (bicyclic) bond motifs is 1. The van der Waals surface area contributed by atoms with E-state index in [4.69, 9.17) is 4.74 Å². The Hall–Kier alpha value is -3.90. The second kappa shape index (κ2) is 8.32. The predicted octanol–water partition coefficient (Wildman–Crippen LogP) is 2.08. The van der Waals surface area contributed by atoms with Crippen LogP contribution in [0.2, 0.25) is 0 Å². The molecule has 2 N–H and O–H groups in total. The molecule has 0 aliphatic carbocycles. The van der Waals surface area contributed by atoms with Crippen molar-refractivity contribution in [3.05, 3.63) is 77.4 Å². The zero-order valence-electron chi connectivity index (χ0n) is 16.6. The minimum atomic E-state index is -3.95. The first kappa shape index (κ1) is 21.3. The SMILES string of the molecule is CNS(=O)(=O)Nc1cccc(CN2C(=O)c3ccc(Oc4ncccn4)cc3C2=O)c1F. The number of ether oxygens (including phenoxy) is 1. The van der Waals surface area contributed by atoms with Crippen LogP contribution in [0.15, 0.2) is 54.9 Å². The number of nitrogens with one attached hydrogen (secondary N) is 2. The summed E-state index contributed by atoms with van der Waals surface area (Å²) in [7, 11) is -2.78. The standard InChI is InChI=1S/C20H16FN5O5S/c1-22-32(29,30)25-16-5-2-4-12(17(16)21)11-26-18(27)14-7-6-13(10-15(14)19(26)28)31-20-23-8-3-9-24-20/h2-10,22,25H,11H2,1H3. The molecule has 164 valence electrons. The quantitative estimate of drug-likeness (QED) is 0.520. The predicted molar refractivity (Wildman–Crippen MR) is 111 cm³/mol. The molecular weight excluding hydrogens is 441 g/mol. The normalized spacial score (nSPS) is 13.2. The van der Waals surface area contributed by atoms with Crippen molar-refractivity contribution in [3.63, 3.8) is 0 Å². The maximum Gasteiger partial charge on any atom is 0.321 e. The number of hydrogen-bond donors (Lipinski definition) is 2. The fourth-order valence-corrected chi connectivity index (χ4v) is 3.62. The number of imide groups is 1. The number of halogens is 1. The van der Waals surface area contributed by atoms with Gasteiger partial charge in [0.05, 0.1) is 23.4 Å². The number of aromatic nitrogens is 2. The van der Waals surface area contributed by atoms with E-state index in [0.29, 0.717) is 0 Å². The van der Waals surface area contributed by atoms with Gasteiger partial charge in [0, 0.05) is 25.0 Å². The molecule has 2 aromatic carbocycles. The Morgan fingerprint density at radius 3 is 2.47 bits per heavy atom. The Balaban J connectivity index is 1.58. The van der Waals surface area contributed by atoms with Gasteiger partial charge in [-0.3, -0.25) is 19.2 Å². The Labute approximate surface area is 182 Å². The lowest BCUT2D eigenvalue weighted by Gasteiger charge is -2.16. The average molecular weight is 457 g/mol. The van der Waals surface area contributed by atoms with Crippen molar-refractivity contribution in [2.24, 2.45) is 0 Å². The van der Waals surface area contributed by atoms with Gasteiger partial charge in [0.1, 0.15) is 5.75 Å². The topological polar surface area (TPSA) is 131 Å². The van der Waals surface area contributed by atoms with Gasteiger partial charge < -0.3 is 4.74 Å². The molecule has 0 bridgehead atoms. The Kier molecular flexibility index (Phi) is 5.55. The highest BCUT2D eigenvalue weighted by Gasteiger charge is 2.36. The Morgan fingerprint density at radius 2 is 1.75 bits per heavy atom. The van der Waals surface area contributed by atoms with E-state index in [1.807, 2.05) is 9.44 Å². The molecule has 3 aromatic rings. The first-order chi connectivity index (χ1) is 15.3. The average Bonchev–Trinajstić information content (AvgIpc) is 3.01. The van der Waals surface area contributed by atoms with Crippen molar-refractivity contribution in [2.75, 3.05) is 11.8 Å². The van der Waals surface area contributed by atoms with Crippen LogP contribution in [0.25, 0.3) is 0 Å². The fraction of sp³-hybridized carbons (Fsp3) is 0.100. The van der Waals surface area contributed by atoms with Crippen molar-refractivity contribution in [1.29, 1.82) is 0 Å². The molecule has 0 saturated heterocycles. The summed E-state index contributed by atoms with van der Waals surface area (Å²) in [4.78, 5) is 34.3. The number of carbonyl (C=O) groups excluding carboxylic acids is 2. The van der Waals surface area contributed by atoms with Gasteiger partial charge in [0.2, 0.25) is 0 Å². The molecular formula is C20H16FN5O5S. The summed E-state index contributed by atoms with van der Waals surface area (Å²) in [6.45, 7) is -0.384. The lowest BCUT2D eigenvalue weighted by atomic mass is 10.1. The molecule has 12 heteroatoms. The van der Waals surface area contributed by atoms with E-state index in [1.54, 1.807) is 6.07 Å². The summed E-state index contributed by atoms with van der Waals surface area (Å²) in [5.41, 5.74) is -0.114. The van der Waals surface area contributed by atoms with Crippen LogP contribution in [0, 0.1) is 5.82 Å². The van der Waals surface area contributed by atoms with Crippen LogP contribution in [-0.2, 0) is 16.8 Å². The third-order valence-corrected chi connectivity index (χ3v) is 5.64. The molecule has 2 heterocycles. The molecule has 0 radical (unpaired) electrons. The van der Waals surface area contributed by atoms with E-state index in [9.17, 15) is 22.4 Å². The van der Waals surface area contributed by atoms with Gasteiger partial charge in [-0.05, 0) is 30.3 Å². The van der Waals surface area contributed by atoms with E-state index in [2.05, 4.69) is 9.97 Å².